The van der Waals surface area contributed by atoms with Crippen LogP contribution in [0.5, 0.6) is 0 Å². The van der Waals surface area contributed by atoms with Crippen molar-refractivity contribution in [1.29, 1.82) is 0 Å². The molecule has 3 nitrogen and oxygen atoms in total. The lowest BCUT2D eigenvalue weighted by molar-refractivity contribution is -0.136. The molecule has 0 saturated heterocycles. The molecule has 0 aromatic heterocycles. The summed E-state index contributed by atoms with van der Waals surface area (Å²) in [6.07, 6.45) is 2.41. The van der Waals surface area contributed by atoms with Crippen LogP contribution in [0.25, 0.3) is 0 Å². The smallest absolute Gasteiger partial charge is 0.333 e. The SMILES string of the molecule is CCC(=CCSc1ccc(N)c(F)c1)C(=O)OC. The number of ether oxygens (including phenoxy) is 1. The third kappa shape index (κ3) is 4.07. The van der Waals surface area contributed by atoms with Crippen LogP contribution in [-0.2, 0) is 9.53 Å². The monoisotopic (exact) mass is 269 g/mol. The molecule has 1 aromatic rings. The van der Waals surface area contributed by atoms with Gasteiger partial charge in [-0.15, -0.1) is 11.8 Å². The predicted octanol–water partition coefficient (Wildman–Crippen LogP) is 3.01. The summed E-state index contributed by atoms with van der Waals surface area (Å²) in [7, 11) is 1.36. The molecule has 18 heavy (non-hydrogen) atoms. The van der Waals surface area contributed by atoms with Crippen molar-refractivity contribution in [2.75, 3.05) is 18.6 Å². The van der Waals surface area contributed by atoms with Crippen LogP contribution in [-0.4, -0.2) is 18.8 Å². The molecule has 0 aliphatic carbocycles. The number of hydrogen-bond donors (Lipinski definition) is 1. The first-order valence-electron chi connectivity index (χ1n) is 5.53. The van der Waals surface area contributed by atoms with Gasteiger partial charge in [0.05, 0.1) is 12.8 Å². The fourth-order valence-corrected chi connectivity index (χ4v) is 2.17. The van der Waals surface area contributed by atoms with E-state index < -0.39 is 5.82 Å². The van der Waals surface area contributed by atoms with E-state index in [9.17, 15) is 9.18 Å². The summed E-state index contributed by atoms with van der Waals surface area (Å²) in [4.78, 5) is 12.1. The van der Waals surface area contributed by atoms with Crippen molar-refractivity contribution >= 4 is 23.4 Å². The maximum Gasteiger partial charge on any atom is 0.333 e. The molecule has 0 amide bonds. The Kier molecular flexibility index (Phi) is 5.71. The van der Waals surface area contributed by atoms with E-state index in [0.29, 0.717) is 17.7 Å². The largest absolute Gasteiger partial charge is 0.466 e. The van der Waals surface area contributed by atoms with Gasteiger partial charge in [-0.25, -0.2) is 9.18 Å². The van der Waals surface area contributed by atoms with E-state index in [0.717, 1.165) is 4.90 Å². The number of benzene rings is 1. The highest BCUT2D eigenvalue weighted by molar-refractivity contribution is 7.99. The molecule has 1 rings (SSSR count). The molecule has 0 saturated carbocycles. The fraction of sp³-hybridized carbons (Fsp3) is 0.308. The summed E-state index contributed by atoms with van der Waals surface area (Å²) in [5.41, 5.74) is 6.15. The van der Waals surface area contributed by atoms with Crippen molar-refractivity contribution in [3.8, 4) is 0 Å². The Morgan fingerprint density at radius 2 is 2.28 bits per heavy atom. The molecule has 2 N–H and O–H groups in total. The molecule has 0 bridgehead atoms. The first kappa shape index (κ1) is 14.6. The minimum Gasteiger partial charge on any atom is -0.466 e. The van der Waals surface area contributed by atoms with Gasteiger partial charge in [-0.1, -0.05) is 13.0 Å². The number of nitrogen functional groups attached to an aromatic ring is 1. The van der Waals surface area contributed by atoms with Gasteiger partial charge < -0.3 is 10.5 Å². The maximum atomic E-state index is 13.2. The Balaban J connectivity index is 2.62. The highest BCUT2D eigenvalue weighted by atomic mass is 32.2. The highest BCUT2D eigenvalue weighted by Crippen LogP contribution is 2.22. The molecule has 0 fully saturated rings. The Hall–Kier alpha value is -1.49. The molecule has 5 heteroatoms. The normalized spacial score (nSPS) is 11.4. The van der Waals surface area contributed by atoms with E-state index in [1.165, 1.54) is 31.0 Å². The van der Waals surface area contributed by atoms with Gasteiger partial charge in [-0.05, 0) is 24.6 Å². The van der Waals surface area contributed by atoms with E-state index in [4.69, 9.17) is 5.73 Å². The summed E-state index contributed by atoms with van der Waals surface area (Å²) in [6, 6.07) is 4.67. The lowest BCUT2D eigenvalue weighted by Crippen LogP contribution is -2.04. The molecule has 0 heterocycles. The fourth-order valence-electron chi connectivity index (χ4n) is 1.34. The Labute approximate surface area is 110 Å². The lowest BCUT2D eigenvalue weighted by atomic mass is 10.2. The highest BCUT2D eigenvalue weighted by Gasteiger charge is 2.06. The van der Waals surface area contributed by atoms with Crippen molar-refractivity contribution in [3.05, 3.63) is 35.7 Å². The number of halogens is 1. The second kappa shape index (κ2) is 7.06. The number of rotatable bonds is 5. The summed E-state index contributed by atoms with van der Waals surface area (Å²) in [5, 5.41) is 0. The minimum atomic E-state index is -0.423. The van der Waals surface area contributed by atoms with Crippen molar-refractivity contribution in [3.63, 3.8) is 0 Å². The standard InChI is InChI=1S/C13H16FNO2S/c1-3-9(13(16)17-2)6-7-18-10-4-5-12(15)11(14)8-10/h4-6,8H,3,7,15H2,1-2H3. The van der Waals surface area contributed by atoms with E-state index >= 15 is 0 Å². The van der Waals surface area contributed by atoms with E-state index in [1.807, 2.05) is 6.92 Å². The third-order valence-electron chi connectivity index (χ3n) is 2.38. The molecule has 0 aliphatic heterocycles. The average molecular weight is 269 g/mol. The molecule has 1 aromatic carbocycles. The number of esters is 1. The quantitative estimate of drug-likeness (QED) is 0.386. The van der Waals surface area contributed by atoms with Crippen LogP contribution in [0.4, 0.5) is 10.1 Å². The first-order chi connectivity index (χ1) is 8.58. The molecule has 0 radical (unpaired) electrons. The van der Waals surface area contributed by atoms with Crippen LogP contribution in [0, 0.1) is 5.82 Å². The van der Waals surface area contributed by atoms with Gasteiger partial charge in [0, 0.05) is 16.2 Å². The molecular formula is C13H16FNO2S. The van der Waals surface area contributed by atoms with Crippen molar-refractivity contribution in [2.45, 2.75) is 18.2 Å². The summed E-state index contributed by atoms with van der Waals surface area (Å²) in [6.45, 7) is 1.89. The van der Waals surface area contributed by atoms with Crippen molar-refractivity contribution in [1.82, 2.24) is 0 Å². The molecule has 0 atom stereocenters. The third-order valence-corrected chi connectivity index (χ3v) is 3.30. The first-order valence-corrected chi connectivity index (χ1v) is 6.52. The van der Waals surface area contributed by atoms with Gasteiger partial charge in [0.1, 0.15) is 5.82 Å². The number of carbonyl (C=O) groups excluding carboxylic acids is 1. The summed E-state index contributed by atoms with van der Waals surface area (Å²) in [5.74, 6) is -0.156. The van der Waals surface area contributed by atoms with E-state index in [-0.39, 0.29) is 11.7 Å². The van der Waals surface area contributed by atoms with Crippen LogP contribution in [0.15, 0.2) is 34.7 Å². The van der Waals surface area contributed by atoms with Gasteiger partial charge in [0.15, 0.2) is 0 Å². The number of methoxy groups -OCH3 is 1. The minimum absolute atomic E-state index is 0.138. The van der Waals surface area contributed by atoms with Crippen LogP contribution < -0.4 is 5.73 Å². The summed E-state index contributed by atoms with van der Waals surface area (Å²) < 4.78 is 17.8. The Bertz CT molecular complexity index is 460. The number of thioether (sulfide) groups is 1. The molecule has 0 unspecified atom stereocenters. The maximum absolute atomic E-state index is 13.2. The predicted molar refractivity (Wildman–Crippen MR) is 71.9 cm³/mol. The van der Waals surface area contributed by atoms with E-state index in [2.05, 4.69) is 4.74 Å². The van der Waals surface area contributed by atoms with Gasteiger partial charge >= 0.3 is 5.97 Å². The van der Waals surface area contributed by atoms with E-state index in [1.54, 1.807) is 12.1 Å². The van der Waals surface area contributed by atoms with Crippen LogP contribution in [0.3, 0.4) is 0 Å². The molecule has 98 valence electrons. The van der Waals surface area contributed by atoms with Gasteiger partial charge in [-0.2, -0.15) is 0 Å². The lowest BCUT2D eigenvalue weighted by Gasteiger charge is -2.03. The zero-order valence-electron chi connectivity index (χ0n) is 10.4. The Morgan fingerprint density at radius 1 is 1.56 bits per heavy atom. The molecule has 0 aliphatic rings. The van der Waals surface area contributed by atoms with Crippen LogP contribution in [0.2, 0.25) is 0 Å². The molecule has 0 spiro atoms. The van der Waals surface area contributed by atoms with Crippen LogP contribution in [0.1, 0.15) is 13.3 Å². The number of carbonyl (C=O) groups is 1. The molecular weight excluding hydrogens is 253 g/mol. The number of hydrogen-bond acceptors (Lipinski definition) is 4. The van der Waals surface area contributed by atoms with Crippen molar-refractivity contribution in [2.24, 2.45) is 0 Å². The topological polar surface area (TPSA) is 52.3 Å². The van der Waals surface area contributed by atoms with Crippen LogP contribution >= 0.6 is 11.8 Å². The zero-order chi connectivity index (χ0) is 13.5. The second-order valence-electron chi connectivity index (χ2n) is 3.57. The van der Waals surface area contributed by atoms with Gasteiger partial charge in [0.25, 0.3) is 0 Å². The number of nitrogens with two attached hydrogens (primary N) is 1. The Morgan fingerprint density at radius 3 is 2.83 bits per heavy atom. The summed E-state index contributed by atoms with van der Waals surface area (Å²) >= 11 is 1.44. The zero-order valence-corrected chi connectivity index (χ0v) is 11.2. The van der Waals surface area contributed by atoms with Gasteiger partial charge in [0.2, 0.25) is 0 Å². The van der Waals surface area contributed by atoms with Crippen molar-refractivity contribution < 1.29 is 13.9 Å². The number of anilines is 1. The average Bonchev–Trinajstić information content (AvgIpc) is 2.38. The van der Waals surface area contributed by atoms with Gasteiger partial charge in [-0.3, -0.25) is 0 Å². The second-order valence-corrected chi connectivity index (χ2v) is 4.66.